The van der Waals surface area contributed by atoms with Gasteiger partial charge in [-0.05, 0) is 24.3 Å². The Labute approximate surface area is 144 Å². The monoisotopic (exact) mass is 350 g/mol. The molecule has 0 amide bonds. The van der Waals surface area contributed by atoms with Crippen molar-refractivity contribution >= 4 is 23.0 Å². The van der Waals surface area contributed by atoms with E-state index in [-0.39, 0.29) is 5.69 Å². The molecule has 0 aliphatic carbocycles. The molecule has 7 heteroatoms. The van der Waals surface area contributed by atoms with E-state index in [4.69, 9.17) is 11.6 Å². The first kappa shape index (κ1) is 16.7. The molecule has 5 nitrogen and oxygen atoms in total. The summed E-state index contributed by atoms with van der Waals surface area (Å²) >= 11 is 5.90. The van der Waals surface area contributed by atoms with E-state index in [1.54, 1.807) is 0 Å². The predicted octanol–water partition coefficient (Wildman–Crippen LogP) is 2.29. The highest BCUT2D eigenvalue weighted by atomic mass is 35.5. The maximum atomic E-state index is 13.3. The average molecular weight is 351 g/mol. The van der Waals surface area contributed by atoms with E-state index in [1.165, 1.54) is 22.6 Å². The van der Waals surface area contributed by atoms with Gasteiger partial charge in [0, 0.05) is 10.6 Å². The van der Waals surface area contributed by atoms with Crippen molar-refractivity contribution in [1.29, 1.82) is 0 Å². The van der Waals surface area contributed by atoms with Gasteiger partial charge in [-0.2, -0.15) is 0 Å². The Morgan fingerprint density at radius 2 is 1.83 bits per heavy atom. The van der Waals surface area contributed by atoms with Crippen LogP contribution in [0.2, 0.25) is 5.02 Å². The molecule has 0 radical (unpaired) electrons. The second-order valence-electron chi connectivity index (χ2n) is 5.93. The van der Waals surface area contributed by atoms with Crippen molar-refractivity contribution in [2.24, 2.45) is 0 Å². The minimum Gasteiger partial charge on any atom is -0.355 e. The number of halogens is 2. The number of anilines is 1. The van der Waals surface area contributed by atoms with Crippen LogP contribution in [0.5, 0.6) is 0 Å². The number of hydrogen-bond acceptors (Lipinski definition) is 3. The van der Waals surface area contributed by atoms with Gasteiger partial charge in [-0.1, -0.05) is 23.7 Å². The Bertz CT molecular complexity index is 731. The molecule has 126 valence electrons. The Kier molecular flexibility index (Phi) is 4.97. The van der Waals surface area contributed by atoms with Gasteiger partial charge in [0.05, 0.1) is 37.2 Å². The number of benzene rings is 2. The molecule has 1 N–H and O–H groups in total. The zero-order valence-electron chi connectivity index (χ0n) is 13.0. The summed E-state index contributed by atoms with van der Waals surface area (Å²) in [5.74, 6) is -0.586. The van der Waals surface area contributed by atoms with Crippen molar-refractivity contribution in [3.05, 3.63) is 69.0 Å². The standard InChI is InChI=1S/C17H17ClFN3O2/c18-14-3-1-13(2-4-14)12-20-7-9-21(10-8-20)16-6-5-15(19)11-17(16)22(23)24/h1-6,11H,7-10,12H2/p+1. The molecule has 1 aliphatic rings. The van der Waals surface area contributed by atoms with Crippen molar-refractivity contribution in [3.63, 3.8) is 0 Å². The largest absolute Gasteiger partial charge is 0.355 e. The Hall–Kier alpha value is -2.18. The molecule has 0 unspecified atom stereocenters. The van der Waals surface area contributed by atoms with E-state index >= 15 is 0 Å². The molecule has 0 bridgehead atoms. The summed E-state index contributed by atoms with van der Waals surface area (Å²) in [5, 5.41) is 11.9. The quantitative estimate of drug-likeness (QED) is 0.680. The van der Waals surface area contributed by atoms with Gasteiger partial charge in [0.15, 0.2) is 0 Å². The smallest absolute Gasteiger partial charge is 0.295 e. The number of hydrogen-bond donors (Lipinski definition) is 1. The number of nitro benzene ring substituents is 1. The van der Waals surface area contributed by atoms with E-state index in [0.29, 0.717) is 18.8 Å². The number of nitro groups is 1. The van der Waals surface area contributed by atoms with Crippen LogP contribution in [0.3, 0.4) is 0 Å². The minimum atomic E-state index is -0.586. The molecule has 3 rings (SSSR count). The molecule has 0 spiro atoms. The Morgan fingerprint density at radius 3 is 2.46 bits per heavy atom. The molecule has 1 aliphatic heterocycles. The number of quaternary nitrogens is 1. The lowest BCUT2D eigenvalue weighted by Gasteiger charge is -2.33. The highest BCUT2D eigenvalue weighted by Crippen LogP contribution is 2.28. The Morgan fingerprint density at radius 1 is 1.17 bits per heavy atom. The molecule has 1 saturated heterocycles. The fourth-order valence-corrected chi connectivity index (χ4v) is 3.17. The second kappa shape index (κ2) is 7.15. The van der Waals surface area contributed by atoms with Crippen LogP contribution < -0.4 is 9.80 Å². The van der Waals surface area contributed by atoms with Crippen LogP contribution in [0.15, 0.2) is 42.5 Å². The fourth-order valence-electron chi connectivity index (χ4n) is 3.04. The first-order valence-electron chi connectivity index (χ1n) is 7.80. The third-order valence-corrected chi connectivity index (χ3v) is 4.56. The maximum absolute atomic E-state index is 13.3. The van der Waals surface area contributed by atoms with Gasteiger partial charge in [-0.3, -0.25) is 10.1 Å². The van der Waals surface area contributed by atoms with Crippen LogP contribution in [0.4, 0.5) is 15.8 Å². The van der Waals surface area contributed by atoms with Crippen LogP contribution in [0.25, 0.3) is 0 Å². The normalized spacial score (nSPS) is 15.5. The molecule has 0 saturated carbocycles. The first-order chi connectivity index (χ1) is 11.5. The molecule has 0 atom stereocenters. The molecule has 1 heterocycles. The average Bonchev–Trinajstić information content (AvgIpc) is 2.58. The van der Waals surface area contributed by atoms with Crippen LogP contribution >= 0.6 is 11.6 Å². The highest BCUT2D eigenvalue weighted by molar-refractivity contribution is 6.30. The molecule has 0 aromatic heterocycles. The van der Waals surface area contributed by atoms with Crippen LogP contribution in [-0.2, 0) is 6.54 Å². The molecule has 1 fully saturated rings. The third-order valence-electron chi connectivity index (χ3n) is 4.31. The Balaban J connectivity index is 1.65. The molecule has 2 aromatic rings. The van der Waals surface area contributed by atoms with Crippen LogP contribution in [-0.4, -0.2) is 31.1 Å². The van der Waals surface area contributed by atoms with Crippen LogP contribution in [0, 0.1) is 15.9 Å². The van der Waals surface area contributed by atoms with Gasteiger partial charge in [-0.25, -0.2) is 4.39 Å². The van der Waals surface area contributed by atoms with Gasteiger partial charge in [-0.15, -0.1) is 0 Å². The van der Waals surface area contributed by atoms with Crippen LogP contribution in [0.1, 0.15) is 5.56 Å². The van der Waals surface area contributed by atoms with E-state index in [9.17, 15) is 14.5 Å². The predicted molar refractivity (Wildman–Crippen MR) is 91.1 cm³/mol. The summed E-state index contributed by atoms with van der Waals surface area (Å²) in [7, 11) is 0. The minimum absolute atomic E-state index is 0.170. The van der Waals surface area contributed by atoms with Crippen molar-refractivity contribution in [1.82, 2.24) is 0 Å². The zero-order chi connectivity index (χ0) is 17.1. The topological polar surface area (TPSA) is 50.8 Å². The molecule has 24 heavy (non-hydrogen) atoms. The third kappa shape index (κ3) is 3.83. The zero-order valence-corrected chi connectivity index (χ0v) is 13.8. The van der Waals surface area contributed by atoms with Crippen molar-refractivity contribution in [2.45, 2.75) is 6.54 Å². The first-order valence-corrected chi connectivity index (χ1v) is 8.17. The molecule has 2 aromatic carbocycles. The van der Waals surface area contributed by atoms with Gasteiger partial charge >= 0.3 is 0 Å². The summed E-state index contributed by atoms with van der Waals surface area (Å²) in [6.07, 6.45) is 0. The van der Waals surface area contributed by atoms with Crippen molar-refractivity contribution in [2.75, 3.05) is 31.1 Å². The van der Waals surface area contributed by atoms with Crippen molar-refractivity contribution in [3.8, 4) is 0 Å². The number of piperazine rings is 1. The molecular formula is C17H18ClFN3O2+. The second-order valence-corrected chi connectivity index (χ2v) is 6.37. The lowest BCUT2D eigenvalue weighted by atomic mass is 10.1. The van der Waals surface area contributed by atoms with Gasteiger partial charge < -0.3 is 9.80 Å². The van der Waals surface area contributed by atoms with Crippen molar-refractivity contribution < 1.29 is 14.2 Å². The maximum Gasteiger partial charge on any atom is 0.295 e. The lowest BCUT2D eigenvalue weighted by Crippen LogP contribution is -3.13. The van der Waals surface area contributed by atoms with Gasteiger partial charge in [0.1, 0.15) is 18.0 Å². The van der Waals surface area contributed by atoms with Gasteiger partial charge in [0.2, 0.25) is 0 Å². The summed E-state index contributed by atoms with van der Waals surface area (Å²) < 4.78 is 13.3. The summed E-state index contributed by atoms with van der Waals surface area (Å²) in [6, 6.07) is 11.6. The summed E-state index contributed by atoms with van der Waals surface area (Å²) in [6.45, 7) is 4.05. The highest BCUT2D eigenvalue weighted by Gasteiger charge is 2.26. The summed E-state index contributed by atoms with van der Waals surface area (Å²) in [4.78, 5) is 14.0. The van der Waals surface area contributed by atoms with E-state index in [1.807, 2.05) is 29.2 Å². The van der Waals surface area contributed by atoms with E-state index in [2.05, 4.69) is 0 Å². The van der Waals surface area contributed by atoms with E-state index < -0.39 is 10.7 Å². The number of rotatable bonds is 4. The van der Waals surface area contributed by atoms with E-state index in [0.717, 1.165) is 30.7 Å². The summed E-state index contributed by atoms with van der Waals surface area (Å²) in [5.41, 5.74) is 1.54. The van der Waals surface area contributed by atoms with Gasteiger partial charge in [0.25, 0.3) is 5.69 Å². The lowest BCUT2D eigenvalue weighted by molar-refractivity contribution is -0.914. The number of nitrogens with zero attached hydrogens (tertiary/aromatic N) is 2. The fraction of sp³-hybridized carbons (Fsp3) is 0.294. The number of nitrogens with one attached hydrogen (secondary N) is 1. The SMILES string of the molecule is O=[N+]([O-])c1cc(F)ccc1N1CC[NH+](Cc2ccc(Cl)cc2)CC1. The molecular weight excluding hydrogens is 333 g/mol.